The van der Waals surface area contributed by atoms with Gasteiger partial charge in [0, 0.05) is 11.8 Å². The highest BCUT2D eigenvalue weighted by Crippen LogP contribution is 2.41. The maximum atomic E-state index is 16.5. The third-order valence-electron chi connectivity index (χ3n) is 8.82. The van der Waals surface area contributed by atoms with Crippen molar-refractivity contribution in [1.82, 2.24) is 19.9 Å². The van der Waals surface area contributed by atoms with Crippen LogP contribution in [0, 0.1) is 11.6 Å². The Hall–Kier alpha value is -3.28. The molecule has 7 rings (SSSR count). The molecule has 214 valence electrons. The Labute approximate surface area is 239 Å². The number of aromatic nitrogens is 3. The van der Waals surface area contributed by atoms with Gasteiger partial charge in [0.05, 0.1) is 10.9 Å². The summed E-state index contributed by atoms with van der Waals surface area (Å²) in [7, 11) is 0. The number of phenols is 1. The Morgan fingerprint density at radius 1 is 1.17 bits per heavy atom. The molecule has 2 N–H and O–H groups in total. The fraction of sp³-hybridized carbons (Fsp3) is 0.433. The van der Waals surface area contributed by atoms with Gasteiger partial charge in [-0.2, -0.15) is 9.97 Å². The average Bonchev–Trinajstić information content (AvgIpc) is 3.52. The molecule has 3 fully saturated rings. The van der Waals surface area contributed by atoms with Crippen molar-refractivity contribution in [2.24, 2.45) is 0 Å². The molecule has 0 spiro atoms. The molecule has 3 saturated heterocycles. The first-order valence-corrected chi connectivity index (χ1v) is 15.6. The van der Waals surface area contributed by atoms with Crippen molar-refractivity contribution in [2.75, 3.05) is 36.5 Å². The van der Waals surface area contributed by atoms with E-state index in [0.29, 0.717) is 52.1 Å². The second-order valence-corrected chi connectivity index (χ2v) is 12.9. The third kappa shape index (κ3) is 4.54. The third-order valence-corrected chi connectivity index (χ3v) is 10.4. The van der Waals surface area contributed by atoms with Crippen molar-refractivity contribution in [1.29, 1.82) is 0 Å². The number of nitrogens with one attached hydrogen (secondary N) is 1. The molecule has 4 aromatic rings. The number of phenolic OH excluding ortho intramolecular Hbond substituents is 1. The lowest BCUT2D eigenvalue weighted by Crippen LogP contribution is -2.46. The molecule has 0 amide bonds. The largest absolute Gasteiger partial charge is 0.616 e. The normalized spacial score (nSPS) is 21.8. The van der Waals surface area contributed by atoms with Crippen LogP contribution in [0.25, 0.3) is 32.9 Å². The van der Waals surface area contributed by atoms with Crippen LogP contribution < -0.4 is 10.1 Å². The molecule has 11 heteroatoms. The number of fused-ring (bicyclic) bond motifs is 3. The number of nitrogens with zero attached hydrogens (tertiary/aromatic N) is 4. The van der Waals surface area contributed by atoms with E-state index in [4.69, 9.17) is 4.74 Å². The SMILES string of the molecule is CCc1c(F)ccc2cc(O)cc(-c3ncc4c(NC5C[S+]([O-])C5)nc(OCC56CCCN5CCC6)nc4c3F)c12. The van der Waals surface area contributed by atoms with Gasteiger partial charge in [-0.05, 0) is 90.9 Å². The Morgan fingerprint density at radius 3 is 2.68 bits per heavy atom. The zero-order chi connectivity index (χ0) is 28.3. The van der Waals surface area contributed by atoms with E-state index in [-0.39, 0.29) is 40.1 Å². The lowest BCUT2D eigenvalue weighted by molar-refractivity contribution is 0.108. The van der Waals surface area contributed by atoms with Crippen LogP contribution in [0.5, 0.6) is 11.8 Å². The minimum atomic E-state index is -0.885. The van der Waals surface area contributed by atoms with E-state index < -0.39 is 22.8 Å². The van der Waals surface area contributed by atoms with Crippen molar-refractivity contribution >= 4 is 38.7 Å². The highest BCUT2D eigenvalue weighted by atomic mass is 32.2. The topological polar surface area (TPSA) is 106 Å². The van der Waals surface area contributed by atoms with Gasteiger partial charge in [-0.15, -0.1) is 0 Å². The summed E-state index contributed by atoms with van der Waals surface area (Å²) in [5.41, 5.74) is 0.631. The number of ether oxygens (including phenoxy) is 1. The van der Waals surface area contributed by atoms with Crippen molar-refractivity contribution < 1.29 is 23.2 Å². The monoisotopic (exact) mass is 579 g/mol. The molecule has 0 bridgehead atoms. The number of aromatic hydroxyl groups is 1. The minimum Gasteiger partial charge on any atom is -0.616 e. The number of halogens is 2. The molecular formula is C30H31F2N5O3S. The lowest BCUT2D eigenvalue weighted by Gasteiger charge is -2.31. The molecule has 2 aromatic heterocycles. The Morgan fingerprint density at radius 2 is 1.95 bits per heavy atom. The van der Waals surface area contributed by atoms with E-state index in [9.17, 15) is 14.0 Å². The molecule has 0 radical (unpaired) electrons. The minimum absolute atomic E-state index is 0.0149. The Kier molecular flexibility index (Phi) is 6.63. The maximum Gasteiger partial charge on any atom is 0.319 e. The first-order valence-electron chi connectivity index (χ1n) is 14.2. The summed E-state index contributed by atoms with van der Waals surface area (Å²) in [5.74, 6) is 0.143. The summed E-state index contributed by atoms with van der Waals surface area (Å²) >= 11 is -0.885. The van der Waals surface area contributed by atoms with Gasteiger partial charge in [-0.1, -0.05) is 13.0 Å². The number of anilines is 1. The summed E-state index contributed by atoms with van der Waals surface area (Å²) in [5, 5.41) is 15.2. The molecule has 5 heterocycles. The molecule has 0 unspecified atom stereocenters. The van der Waals surface area contributed by atoms with Crippen molar-refractivity contribution in [2.45, 2.75) is 50.6 Å². The van der Waals surface area contributed by atoms with E-state index in [1.54, 1.807) is 6.07 Å². The fourth-order valence-electron chi connectivity index (χ4n) is 6.77. The van der Waals surface area contributed by atoms with Gasteiger partial charge in [0.25, 0.3) is 0 Å². The first-order chi connectivity index (χ1) is 19.8. The van der Waals surface area contributed by atoms with Crippen LogP contribution in [0.3, 0.4) is 0 Å². The number of rotatable bonds is 7. The van der Waals surface area contributed by atoms with Gasteiger partial charge >= 0.3 is 6.01 Å². The molecule has 0 saturated carbocycles. The molecule has 2 aromatic carbocycles. The van der Waals surface area contributed by atoms with E-state index in [1.807, 2.05) is 6.92 Å². The van der Waals surface area contributed by atoms with Crippen molar-refractivity contribution in [3.8, 4) is 23.0 Å². The standard InChI is InChI=1S/C30H31F2N5O3S/c1-2-20-23(31)6-5-17-11-19(38)12-21(24(17)20)26-25(32)27-22(13-33-26)28(34-18-14-41(39)15-18)36-29(35-27)40-16-30-7-3-9-37(30)10-4-8-30/h5-6,11-13,18,38H,2-4,7-10,14-16H2,1H3,(H,34,35,36). The lowest BCUT2D eigenvalue weighted by atomic mass is 9.94. The van der Waals surface area contributed by atoms with Gasteiger partial charge in [-0.25, -0.2) is 8.78 Å². The van der Waals surface area contributed by atoms with Crippen LogP contribution in [0.2, 0.25) is 0 Å². The average molecular weight is 580 g/mol. The van der Waals surface area contributed by atoms with Crippen molar-refractivity contribution in [3.63, 3.8) is 0 Å². The highest BCUT2D eigenvalue weighted by molar-refractivity contribution is 7.92. The Bertz CT molecular complexity index is 1660. The quantitative estimate of drug-likeness (QED) is 0.297. The number of benzene rings is 2. The number of pyridine rings is 1. The van der Waals surface area contributed by atoms with E-state index >= 15 is 4.39 Å². The van der Waals surface area contributed by atoms with E-state index in [0.717, 1.165) is 38.8 Å². The van der Waals surface area contributed by atoms with Crippen LogP contribution in [0.1, 0.15) is 38.2 Å². The second-order valence-electron chi connectivity index (χ2n) is 11.3. The van der Waals surface area contributed by atoms with Gasteiger partial charge in [0.15, 0.2) is 5.82 Å². The summed E-state index contributed by atoms with van der Waals surface area (Å²) in [4.78, 5) is 16.0. The molecule has 8 nitrogen and oxygen atoms in total. The number of hydrogen-bond acceptors (Lipinski definition) is 8. The fourth-order valence-corrected chi connectivity index (χ4v) is 7.73. The molecule has 3 aliphatic heterocycles. The summed E-state index contributed by atoms with van der Waals surface area (Å²) in [6.07, 6.45) is 6.20. The molecular weight excluding hydrogens is 548 g/mol. The predicted octanol–water partition coefficient (Wildman–Crippen LogP) is 4.94. The summed E-state index contributed by atoms with van der Waals surface area (Å²) in [6, 6.07) is 5.86. The molecule has 3 aliphatic rings. The van der Waals surface area contributed by atoms with E-state index in [1.165, 1.54) is 24.4 Å². The number of hydrogen-bond donors (Lipinski definition) is 2. The zero-order valence-corrected chi connectivity index (χ0v) is 23.6. The Balaban J connectivity index is 1.35. The molecule has 0 atom stereocenters. The predicted molar refractivity (Wildman–Crippen MR) is 155 cm³/mol. The van der Waals surface area contributed by atoms with Gasteiger partial charge in [0.1, 0.15) is 52.7 Å². The van der Waals surface area contributed by atoms with Crippen molar-refractivity contribution in [3.05, 3.63) is 47.7 Å². The summed E-state index contributed by atoms with van der Waals surface area (Å²) < 4.78 is 49.3. The summed E-state index contributed by atoms with van der Waals surface area (Å²) in [6.45, 7) is 4.35. The zero-order valence-electron chi connectivity index (χ0n) is 22.8. The highest BCUT2D eigenvalue weighted by Gasteiger charge is 2.45. The van der Waals surface area contributed by atoms with Crippen LogP contribution in [0.15, 0.2) is 30.5 Å². The van der Waals surface area contributed by atoms with Gasteiger partial charge < -0.3 is 19.7 Å². The maximum absolute atomic E-state index is 16.5. The van der Waals surface area contributed by atoms with Crippen LogP contribution in [-0.2, 0) is 17.6 Å². The second kappa shape index (κ2) is 10.2. The van der Waals surface area contributed by atoms with E-state index in [2.05, 4.69) is 25.2 Å². The van der Waals surface area contributed by atoms with Crippen LogP contribution in [-0.4, -0.2) is 72.3 Å². The smallest absolute Gasteiger partial charge is 0.319 e. The number of aryl methyl sites for hydroxylation is 1. The van der Waals surface area contributed by atoms with Gasteiger partial charge in [-0.3, -0.25) is 9.88 Å². The first kappa shape index (κ1) is 26.6. The molecule has 0 aliphatic carbocycles. The van der Waals surface area contributed by atoms with Crippen LogP contribution in [0.4, 0.5) is 14.6 Å². The van der Waals surface area contributed by atoms with Crippen LogP contribution >= 0.6 is 0 Å². The molecule has 41 heavy (non-hydrogen) atoms. The van der Waals surface area contributed by atoms with Gasteiger partial charge in [0.2, 0.25) is 0 Å².